The second kappa shape index (κ2) is 15.2. The molecule has 0 saturated carbocycles. The van der Waals surface area contributed by atoms with E-state index in [4.69, 9.17) is 11.2 Å². The van der Waals surface area contributed by atoms with E-state index >= 15 is 8.78 Å². The second-order valence-corrected chi connectivity index (χ2v) is 14.0. The number of nitrogens with zero attached hydrogens (tertiary/aromatic N) is 2. The Kier molecular flexibility index (Phi) is 11.3. The summed E-state index contributed by atoms with van der Waals surface area (Å²) in [6, 6.07) is 0.142. The number of piperidine rings is 1. The maximum absolute atomic E-state index is 16.6. The molecule has 2 N–H and O–H groups in total. The maximum atomic E-state index is 16.6. The number of pyridine rings is 1. The average molecular weight is 732 g/mol. The quantitative estimate of drug-likeness (QED) is 0.163. The molecule has 2 aromatic carbocycles. The van der Waals surface area contributed by atoms with Gasteiger partial charge in [-0.1, -0.05) is 19.8 Å². The Morgan fingerprint density at radius 2 is 1.67 bits per heavy atom. The van der Waals surface area contributed by atoms with E-state index in [0.29, 0.717) is 19.2 Å². The number of hydrogen-bond donors (Lipinski definition) is 2. The predicted octanol–water partition coefficient (Wildman–Crippen LogP) is 6.48. The van der Waals surface area contributed by atoms with Gasteiger partial charge in [0, 0.05) is 55.0 Å². The predicted molar refractivity (Wildman–Crippen MR) is 180 cm³/mol. The average Bonchev–Trinajstić information content (AvgIpc) is 3.02. The highest BCUT2D eigenvalue weighted by Crippen LogP contribution is 2.39. The minimum Gasteiger partial charge on any atom is -0.481 e. The van der Waals surface area contributed by atoms with Gasteiger partial charge < -0.3 is 19.7 Å². The van der Waals surface area contributed by atoms with E-state index in [1.807, 2.05) is 4.90 Å². The van der Waals surface area contributed by atoms with Gasteiger partial charge in [-0.25, -0.2) is 13.2 Å². The monoisotopic (exact) mass is 731 g/mol. The fourth-order valence-corrected chi connectivity index (χ4v) is 7.28. The summed E-state index contributed by atoms with van der Waals surface area (Å²) in [5.74, 6) is -3.86. The Morgan fingerprint density at radius 1 is 1.06 bits per heavy atom. The van der Waals surface area contributed by atoms with Gasteiger partial charge in [0.1, 0.15) is 23.5 Å². The molecule has 14 heteroatoms. The summed E-state index contributed by atoms with van der Waals surface area (Å²) in [6.45, 7) is 7.72. The van der Waals surface area contributed by atoms with Gasteiger partial charge in [0.05, 0.1) is 30.2 Å². The zero-order chi connectivity index (χ0) is 38.2. The number of carbonyl (C=O) groups is 2. The molecule has 278 valence electrons. The Morgan fingerprint density at radius 3 is 2.21 bits per heavy atom. The molecule has 0 spiro atoms. The number of halogens is 6. The van der Waals surface area contributed by atoms with Crippen LogP contribution in [-0.4, -0.2) is 58.3 Å². The molecule has 8 nitrogen and oxygen atoms in total. The van der Waals surface area contributed by atoms with Gasteiger partial charge in [0.2, 0.25) is 5.91 Å². The zero-order valence-electron chi connectivity index (χ0n) is 29.0. The molecule has 1 aromatic heterocycles. The molecule has 6 rings (SSSR count). The Balaban J connectivity index is 1.56. The Bertz CT molecular complexity index is 1950. The first-order valence-corrected chi connectivity index (χ1v) is 16.9. The number of benzene rings is 2. The minimum absolute atomic E-state index is 0.0184. The second-order valence-electron chi connectivity index (χ2n) is 14.0. The van der Waals surface area contributed by atoms with Crippen molar-refractivity contribution in [2.75, 3.05) is 19.6 Å². The van der Waals surface area contributed by atoms with Crippen LogP contribution < -0.4 is 10.9 Å². The van der Waals surface area contributed by atoms with Crippen LogP contribution in [0, 0.1) is 49.6 Å². The van der Waals surface area contributed by atoms with Crippen LogP contribution >= 0.6 is 0 Å². The first kappa shape index (κ1) is 38.6. The van der Waals surface area contributed by atoms with Crippen molar-refractivity contribution in [3.63, 3.8) is 0 Å². The molecule has 4 heterocycles. The molecule has 0 aliphatic carbocycles. The summed E-state index contributed by atoms with van der Waals surface area (Å²) >= 11 is 0. The molecule has 3 aliphatic heterocycles. The minimum atomic E-state index is -4.87. The molecular weight excluding hydrogens is 692 g/mol. The highest BCUT2D eigenvalue weighted by atomic mass is 19.4. The van der Waals surface area contributed by atoms with Crippen LogP contribution in [0.15, 0.2) is 35.3 Å². The van der Waals surface area contributed by atoms with Crippen molar-refractivity contribution in [2.45, 2.75) is 83.8 Å². The van der Waals surface area contributed by atoms with Crippen molar-refractivity contribution in [1.29, 1.82) is 0 Å². The van der Waals surface area contributed by atoms with Crippen LogP contribution in [0.5, 0.6) is 0 Å². The number of carbonyl (C=O) groups excluding carboxylic acids is 1. The summed E-state index contributed by atoms with van der Waals surface area (Å²) < 4.78 is 95.5. The van der Waals surface area contributed by atoms with Gasteiger partial charge in [0.15, 0.2) is 0 Å². The molecule has 3 fully saturated rings. The number of carboxylic acid groups (broad SMARTS) is 1. The van der Waals surface area contributed by atoms with E-state index in [-0.39, 0.29) is 70.9 Å². The normalized spacial score (nSPS) is 18.4. The van der Waals surface area contributed by atoms with E-state index in [0.717, 1.165) is 35.4 Å². The largest absolute Gasteiger partial charge is 0.481 e. The highest BCUT2D eigenvalue weighted by molar-refractivity contribution is 5.83. The summed E-state index contributed by atoms with van der Waals surface area (Å²) in [5, 5.41) is 12.2. The molecule has 0 radical (unpaired) electrons. The topological polar surface area (TPSA) is 101 Å². The van der Waals surface area contributed by atoms with Crippen LogP contribution in [0.1, 0.15) is 78.6 Å². The van der Waals surface area contributed by atoms with Crippen LogP contribution in [0.25, 0.3) is 11.1 Å². The number of aromatic nitrogens is 1. The number of hydrogen-bond acceptors (Lipinski definition) is 5. The van der Waals surface area contributed by atoms with E-state index in [1.165, 1.54) is 13.8 Å². The summed E-state index contributed by atoms with van der Waals surface area (Å²) in [4.78, 5) is 41.4. The molecular formula is C38H39F6N3O5. The number of aryl methyl sites for hydroxylation is 2. The SMILES string of the molecule is C#Cc1cc(F)c([C@@H](CC(=O)O)NC(=O)[C@@H](CC(C)C)n2cc(CCN3CC4CC(C3)O4)c(C(F)(F)F)cc2=O)c(F)c1-c1c(C)cc(F)cc1C. The first-order valence-electron chi connectivity index (χ1n) is 16.9. The van der Waals surface area contributed by atoms with Gasteiger partial charge in [-0.2, -0.15) is 13.2 Å². The third kappa shape index (κ3) is 8.21. The number of terminal acetylenes is 1. The van der Waals surface area contributed by atoms with Gasteiger partial charge in [0.25, 0.3) is 5.56 Å². The van der Waals surface area contributed by atoms with Crippen molar-refractivity contribution in [2.24, 2.45) is 5.92 Å². The van der Waals surface area contributed by atoms with E-state index < -0.39 is 70.7 Å². The molecule has 4 atom stereocenters. The van der Waals surface area contributed by atoms with Crippen molar-refractivity contribution in [1.82, 2.24) is 14.8 Å². The number of nitrogens with one attached hydrogen (secondary N) is 1. The van der Waals surface area contributed by atoms with Gasteiger partial charge in [-0.3, -0.25) is 19.3 Å². The molecule has 2 bridgehead atoms. The summed E-state index contributed by atoms with van der Waals surface area (Å²) in [5.41, 5.74) is -3.26. The Labute approximate surface area is 296 Å². The summed E-state index contributed by atoms with van der Waals surface area (Å²) in [6.07, 6.45) is 1.43. The maximum Gasteiger partial charge on any atom is 0.416 e. The third-order valence-electron chi connectivity index (χ3n) is 9.53. The van der Waals surface area contributed by atoms with Crippen molar-refractivity contribution < 1.29 is 45.8 Å². The molecule has 3 saturated heterocycles. The Hall–Kier alpha value is -4.61. The van der Waals surface area contributed by atoms with Crippen LogP contribution in [0.4, 0.5) is 26.3 Å². The smallest absolute Gasteiger partial charge is 0.416 e. The van der Waals surface area contributed by atoms with Gasteiger partial charge in [-0.15, -0.1) is 6.42 Å². The highest BCUT2D eigenvalue weighted by Gasteiger charge is 2.40. The lowest BCUT2D eigenvalue weighted by atomic mass is 9.88. The number of morpholine rings is 1. The van der Waals surface area contributed by atoms with Gasteiger partial charge in [-0.05, 0) is 73.1 Å². The standard InChI is InChI=1S/C38H39F6N3O5/c1-6-22-12-28(40)35(36(41)34(22)33-20(4)10-24(39)11-21(33)5)29(15-32(49)50)45-37(51)30(9-19(2)3)47-16-23(27(14-31(47)48)38(42,43)44)7-8-46-17-25-13-26(18-46)52-25/h1,10-12,14,16,19,25-26,29-30H,7-9,13,15,17-18H2,2-5H3,(H,45,51)(H,49,50)/t25?,26?,29-,30-/m1/s1. The number of aliphatic carboxylic acids is 1. The molecule has 3 aromatic rings. The van der Waals surface area contributed by atoms with Crippen molar-refractivity contribution >= 4 is 11.9 Å². The van der Waals surface area contributed by atoms with E-state index in [2.05, 4.69) is 11.2 Å². The fraction of sp³-hybridized carbons (Fsp3) is 0.447. The number of alkyl halides is 3. The fourth-order valence-electron chi connectivity index (χ4n) is 7.28. The molecule has 52 heavy (non-hydrogen) atoms. The molecule has 3 aliphatic rings. The number of amides is 1. The lowest BCUT2D eigenvalue weighted by molar-refractivity contribution is -0.180. The lowest BCUT2D eigenvalue weighted by Crippen LogP contribution is -2.57. The van der Waals surface area contributed by atoms with Crippen LogP contribution in [0.3, 0.4) is 0 Å². The third-order valence-corrected chi connectivity index (χ3v) is 9.53. The number of rotatable bonds is 12. The molecule has 2 unspecified atom stereocenters. The van der Waals surface area contributed by atoms with E-state index in [9.17, 15) is 37.1 Å². The number of carboxylic acids is 1. The zero-order valence-corrected chi connectivity index (χ0v) is 29.0. The van der Waals surface area contributed by atoms with Gasteiger partial charge >= 0.3 is 12.1 Å². The summed E-state index contributed by atoms with van der Waals surface area (Å²) in [7, 11) is 0. The van der Waals surface area contributed by atoms with Crippen LogP contribution in [0.2, 0.25) is 0 Å². The van der Waals surface area contributed by atoms with E-state index in [1.54, 1.807) is 13.8 Å². The molecule has 1 amide bonds. The van der Waals surface area contributed by atoms with Crippen molar-refractivity contribution in [3.8, 4) is 23.5 Å². The van der Waals surface area contributed by atoms with Crippen LogP contribution in [-0.2, 0) is 26.9 Å². The number of ether oxygens (including phenoxy) is 1. The lowest BCUT2D eigenvalue weighted by Gasteiger charge is -2.47. The first-order chi connectivity index (χ1) is 24.4. The van der Waals surface area contributed by atoms with Crippen molar-refractivity contribution in [3.05, 3.63) is 91.6 Å². The number of fused-ring (bicyclic) bond motifs is 2.